The van der Waals surface area contributed by atoms with Gasteiger partial charge in [-0.2, -0.15) is 5.10 Å². The number of halogens is 1. The van der Waals surface area contributed by atoms with Crippen LogP contribution in [-0.2, 0) is 4.74 Å². The summed E-state index contributed by atoms with van der Waals surface area (Å²) in [6, 6.07) is 1.30. The van der Waals surface area contributed by atoms with Crippen molar-refractivity contribution in [2.75, 3.05) is 19.0 Å². The Labute approximate surface area is 188 Å². The molecule has 0 radical (unpaired) electrons. The van der Waals surface area contributed by atoms with E-state index in [4.69, 9.17) is 15.2 Å². The van der Waals surface area contributed by atoms with Crippen LogP contribution in [-0.4, -0.2) is 52.0 Å². The minimum Gasteiger partial charge on any atom is -0.495 e. The first-order chi connectivity index (χ1) is 15.4. The van der Waals surface area contributed by atoms with Crippen LogP contribution < -0.4 is 15.8 Å². The molecule has 9 nitrogen and oxygen atoms in total. The van der Waals surface area contributed by atoms with E-state index >= 15 is 0 Å². The van der Waals surface area contributed by atoms with Gasteiger partial charge in [-0.15, -0.1) is 11.3 Å². The molecule has 4 N–H and O–H groups in total. The Balaban J connectivity index is 1.53. The van der Waals surface area contributed by atoms with Crippen LogP contribution in [0.1, 0.15) is 46.4 Å². The molecular weight excluding hydrogens is 435 g/mol. The number of alkyl halides is 1. The second kappa shape index (κ2) is 9.31. The van der Waals surface area contributed by atoms with Crippen LogP contribution in [0.25, 0.3) is 10.7 Å². The van der Waals surface area contributed by atoms with Crippen molar-refractivity contribution in [2.24, 2.45) is 5.73 Å². The molecule has 11 heteroatoms. The number of hydrogen-bond donors (Lipinski definition) is 3. The molecule has 0 spiro atoms. The van der Waals surface area contributed by atoms with Gasteiger partial charge < -0.3 is 20.5 Å². The van der Waals surface area contributed by atoms with E-state index in [2.05, 4.69) is 25.5 Å². The third kappa shape index (κ3) is 4.50. The highest BCUT2D eigenvalue weighted by atomic mass is 32.1. The molecule has 1 aliphatic heterocycles. The molecule has 0 bridgehead atoms. The Kier molecular flexibility index (Phi) is 6.49. The molecule has 4 rings (SSSR count). The molecule has 170 valence electrons. The molecular formula is C21H25FN6O3S. The van der Waals surface area contributed by atoms with Gasteiger partial charge in [0.1, 0.15) is 40.1 Å². The van der Waals surface area contributed by atoms with Crippen molar-refractivity contribution < 1.29 is 18.7 Å². The Morgan fingerprint density at radius 2 is 2.22 bits per heavy atom. The summed E-state index contributed by atoms with van der Waals surface area (Å²) in [6.45, 7) is 3.60. The zero-order valence-electron chi connectivity index (χ0n) is 18.0. The number of pyridine rings is 1. The first-order valence-corrected chi connectivity index (χ1v) is 11.1. The van der Waals surface area contributed by atoms with Gasteiger partial charge in [-0.1, -0.05) is 0 Å². The highest BCUT2D eigenvalue weighted by molar-refractivity contribution is 7.13. The lowest BCUT2D eigenvalue weighted by Crippen LogP contribution is -2.32. The van der Waals surface area contributed by atoms with Crippen molar-refractivity contribution in [1.82, 2.24) is 20.2 Å². The number of anilines is 1. The van der Waals surface area contributed by atoms with Crippen LogP contribution in [0.2, 0.25) is 0 Å². The molecule has 1 saturated heterocycles. The molecule has 0 unspecified atom stereocenters. The first-order valence-electron chi connectivity index (χ1n) is 10.2. The van der Waals surface area contributed by atoms with Crippen LogP contribution in [0.5, 0.6) is 5.75 Å². The number of aromatic amines is 1. The summed E-state index contributed by atoms with van der Waals surface area (Å²) in [4.78, 5) is 21.8. The molecule has 4 heterocycles. The number of ether oxygens (including phenoxy) is 2. The summed E-state index contributed by atoms with van der Waals surface area (Å²) in [6.07, 6.45) is 0.915. The number of H-pyrrole nitrogens is 1. The minimum atomic E-state index is -1.22. The minimum absolute atomic E-state index is 0.102. The third-order valence-corrected chi connectivity index (χ3v) is 6.28. The van der Waals surface area contributed by atoms with Crippen LogP contribution in [0.15, 0.2) is 17.6 Å². The molecule has 1 amide bonds. The molecule has 3 aromatic rings. The lowest BCUT2D eigenvalue weighted by molar-refractivity contribution is 0.0267. The Hall–Kier alpha value is -2.89. The van der Waals surface area contributed by atoms with Crippen LogP contribution >= 0.6 is 11.3 Å². The van der Waals surface area contributed by atoms with Gasteiger partial charge in [0.25, 0.3) is 5.91 Å². The van der Waals surface area contributed by atoms with Gasteiger partial charge in [-0.3, -0.25) is 9.89 Å². The Bertz CT molecular complexity index is 1100. The number of aromatic nitrogens is 4. The maximum Gasteiger partial charge on any atom is 0.275 e. The van der Waals surface area contributed by atoms with Gasteiger partial charge in [-0.25, -0.2) is 14.4 Å². The molecule has 3 atom stereocenters. The predicted octanol–water partition coefficient (Wildman–Crippen LogP) is 3.32. The predicted molar refractivity (Wildman–Crippen MR) is 119 cm³/mol. The molecule has 1 aliphatic rings. The van der Waals surface area contributed by atoms with E-state index in [1.807, 2.05) is 13.0 Å². The standard InChI is InChI=1S/C21H25FN6O3S/c1-10-6-12(30-3)7-24-17(10)21-25-15(9-32-21)20(29)26-18-11(2)27-28-19(18)16-5-4-14(23)13(22)8-31-16/h6-7,9,13-14,16H,4-5,8,23H2,1-3H3,(H,26,29)(H,27,28)/t13-,14-,16+/m1/s1. The van der Waals surface area contributed by atoms with Crippen molar-refractivity contribution >= 4 is 22.9 Å². The number of carbonyl (C=O) groups is 1. The summed E-state index contributed by atoms with van der Waals surface area (Å²) in [5, 5.41) is 12.4. The second-order valence-electron chi connectivity index (χ2n) is 7.72. The zero-order valence-corrected chi connectivity index (χ0v) is 18.8. The summed E-state index contributed by atoms with van der Waals surface area (Å²) < 4.78 is 24.8. The summed E-state index contributed by atoms with van der Waals surface area (Å²) in [7, 11) is 1.58. The summed E-state index contributed by atoms with van der Waals surface area (Å²) in [5.41, 5.74) is 9.39. The number of amides is 1. The number of rotatable bonds is 5. The topological polar surface area (TPSA) is 128 Å². The SMILES string of the molecule is COc1cnc(-c2nc(C(=O)Nc3c([C@@H]4CC[C@@H](N)[C@H](F)CO4)n[nH]c3C)cs2)c(C)c1. The monoisotopic (exact) mass is 460 g/mol. The van der Waals surface area contributed by atoms with E-state index in [0.717, 1.165) is 5.56 Å². The molecule has 3 aromatic heterocycles. The average molecular weight is 461 g/mol. The number of carbonyl (C=O) groups excluding carboxylic acids is 1. The summed E-state index contributed by atoms with van der Waals surface area (Å²) >= 11 is 1.33. The smallest absolute Gasteiger partial charge is 0.275 e. The first kappa shape index (κ1) is 22.3. The largest absolute Gasteiger partial charge is 0.495 e. The third-order valence-electron chi connectivity index (χ3n) is 5.43. The van der Waals surface area contributed by atoms with Crippen LogP contribution in [0, 0.1) is 13.8 Å². The molecule has 0 aromatic carbocycles. The number of hydrogen-bond acceptors (Lipinski definition) is 8. The molecule has 0 aliphatic carbocycles. The van der Waals surface area contributed by atoms with E-state index in [1.165, 1.54) is 11.3 Å². The number of aryl methyl sites for hydroxylation is 2. The van der Waals surface area contributed by atoms with Gasteiger partial charge in [0, 0.05) is 11.4 Å². The highest BCUT2D eigenvalue weighted by Gasteiger charge is 2.30. The van der Waals surface area contributed by atoms with E-state index in [9.17, 15) is 9.18 Å². The van der Waals surface area contributed by atoms with E-state index in [1.54, 1.807) is 25.6 Å². The van der Waals surface area contributed by atoms with Gasteiger partial charge in [-0.05, 0) is 38.3 Å². The van der Waals surface area contributed by atoms with Gasteiger partial charge >= 0.3 is 0 Å². The lowest BCUT2D eigenvalue weighted by atomic mass is 10.0. The van der Waals surface area contributed by atoms with Crippen molar-refractivity contribution in [3.8, 4) is 16.5 Å². The maximum absolute atomic E-state index is 13.9. The van der Waals surface area contributed by atoms with Gasteiger partial charge in [0.2, 0.25) is 0 Å². The number of nitrogens with zero attached hydrogens (tertiary/aromatic N) is 3. The Morgan fingerprint density at radius 3 is 2.97 bits per heavy atom. The fourth-order valence-corrected chi connectivity index (χ4v) is 4.40. The number of methoxy groups -OCH3 is 1. The number of thiazole rings is 1. The van der Waals surface area contributed by atoms with Crippen LogP contribution in [0.3, 0.4) is 0 Å². The quantitative estimate of drug-likeness (QED) is 0.533. The van der Waals surface area contributed by atoms with E-state index < -0.39 is 18.3 Å². The summed E-state index contributed by atoms with van der Waals surface area (Å²) in [5.74, 6) is 0.280. The Morgan fingerprint density at radius 1 is 1.41 bits per heavy atom. The van der Waals surface area contributed by atoms with Gasteiger partial charge in [0.05, 0.1) is 31.3 Å². The fraction of sp³-hybridized carbons (Fsp3) is 0.429. The molecule has 32 heavy (non-hydrogen) atoms. The average Bonchev–Trinajstić information content (AvgIpc) is 3.37. The van der Waals surface area contributed by atoms with Crippen molar-refractivity contribution in [3.63, 3.8) is 0 Å². The number of nitrogens with two attached hydrogens (primary N) is 1. The van der Waals surface area contributed by atoms with Gasteiger partial charge in [0.15, 0.2) is 0 Å². The van der Waals surface area contributed by atoms with Crippen molar-refractivity contribution in [2.45, 2.75) is 45.0 Å². The maximum atomic E-state index is 13.9. The fourth-order valence-electron chi connectivity index (χ4n) is 3.54. The normalized spacial score (nSPS) is 21.2. The molecule has 1 fully saturated rings. The van der Waals surface area contributed by atoms with E-state index in [0.29, 0.717) is 46.4 Å². The second-order valence-corrected chi connectivity index (χ2v) is 8.58. The lowest BCUT2D eigenvalue weighted by Gasteiger charge is -2.15. The van der Waals surface area contributed by atoms with Crippen molar-refractivity contribution in [3.05, 3.63) is 40.3 Å². The number of nitrogens with one attached hydrogen (secondary N) is 2. The van der Waals surface area contributed by atoms with Crippen molar-refractivity contribution in [1.29, 1.82) is 0 Å². The van der Waals surface area contributed by atoms with Crippen LogP contribution in [0.4, 0.5) is 10.1 Å². The zero-order chi connectivity index (χ0) is 22.8. The highest BCUT2D eigenvalue weighted by Crippen LogP contribution is 2.33. The van der Waals surface area contributed by atoms with E-state index in [-0.39, 0.29) is 18.2 Å². The molecule has 0 saturated carbocycles.